The van der Waals surface area contributed by atoms with Gasteiger partial charge in [-0.3, -0.25) is 10.1 Å². The van der Waals surface area contributed by atoms with Crippen molar-refractivity contribution < 1.29 is 18.8 Å². The molecule has 122 valence electrons. The van der Waals surface area contributed by atoms with E-state index in [-0.39, 0.29) is 24.4 Å². The molecule has 6 nitrogen and oxygen atoms in total. The van der Waals surface area contributed by atoms with Gasteiger partial charge in [0.15, 0.2) is 0 Å². The lowest BCUT2D eigenvalue weighted by Crippen LogP contribution is -2.26. The molecule has 2 aromatic rings. The fourth-order valence-electron chi connectivity index (χ4n) is 1.86. The highest BCUT2D eigenvalue weighted by atomic mass is 16.5. The summed E-state index contributed by atoms with van der Waals surface area (Å²) in [5.74, 6) is -0.253. The molecular weight excluding hydrogens is 296 g/mol. The Morgan fingerprint density at radius 2 is 1.96 bits per heavy atom. The van der Waals surface area contributed by atoms with Gasteiger partial charge in [0.25, 0.3) is 0 Å². The van der Waals surface area contributed by atoms with Crippen molar-refractivity contribution in [1.29, 1.82) is 0 Å². The van der Waals surface area contributed by atoms with Gasteiger partial charge in [0.2, 0.25) is 11.8 Å². The van der Waals surface area contributed by atoms with E-state index in [4.69, 9.17) is 9.26 Å². The molecule has 1 heterocycles. The summed E-state index contributed by atoms with van der Waals surface area (Å²) < 4.78 is 10.4. The molecule has 1 aromatic carbocycles. The molecule has 0 atom stereocenters. The molecule has 0 fully saturated rings. The first kappa shape index (κ1) is 16.7. The zero-order valence-corrected chi connectivity index (χ0v) is 13.5. The molecule has 0 saturated heterocycles. The second-order valence-electron chi connectivity index (χ2n) is 5.80. The van der Waals surface area contributed by atoms with Crippen LogP contribution < -0.4 is 5.32 Å². The number of nitrogens with one attached hydrogen (secondary N) is 1. The zero-order chi connectivity index (χ0) is 16.9. The molecule has 0 spiro atoms. The van der Waals surface area contributed by atoms with E-state index in [0.29, 0.717) is 17.7 Å². The lowest BCUT2D eigenvalue weighted by atomic mass is 9.90. The molecule has 1 aromatic heterocycles. The maximum Gasteiger partial charge on any atom is 0.338 e. The number of carbonyl (C=O) groups excluding carboxylic acids is 2. The second-order valence-corrected chi connectivity index (χ2v) is 5.80. The molecule has 6 heteroatoms. The maximum absolute atomic E-state index is 12.0. The minimum Gasteiger partial charge on any atom is -0.461 e. The van der Waals surface area contributed by atoms with Crippen LogP contribution in [0.25, 0.3) is 0 Å². The van der Waals surface area contributed by atoms with Crippen LogP contribution in [0.2, 0.25) is 0 Å². The first-order valence-electron chi connectivity index (χ1n) is 7.41. The predicted octanol–water partition coefficient (Wildman–Crippen LogP) is 3.16. The van der Waals surface area contributed by atoms with E-state index >= 15 is 0 Å². The van der Waals surface area contributed by atoms with E-state index in [1.54, 1.807) is 37.3 Å². The largest absolute Gasteiger partial charge is 0.461 e. The summed E-state index contributed by atoms with van der Waals surface area (Å²) in [5.41, 5.74) is 0.562. The predicted molar refractivity (Wildman–Crippen MR) is 85.2 cm³/mol. The summed E-state index contributed by atoms with van der Waals surface area (Å²) in [5, 5.41) is 6.54. The fourth-order valence-corrected chi connectivity index (χ4v) is 1.86. The van der Waals surface area contributed by atoms with Crippen molar-refractivity contribution in [2.45, 2.75) is 32.6 Å². The summed E-state index contributed by atoms with van der Waals surface area (Å²) in [7, 11) is 0. The summed E-state index contributed by atoms with van der Waals surface area (Å²) in [6.45, 7) is 5.66. The van der Waals surface area contributed by atoms with Crippen molar-refractivity contribution in [3.8, 4) is 0 Å². The van der Waals surface area contributed by atoms with E-state index in [9.17, 15) is 9.59 Å². The normalized spacial score (nSPS) is 11.1. The number of hydrogen-bond donors (Lipinski definition) is 1. The molecule has 0 unspecified atom stereocenters. The highest BCUT2D eigenvalue weighted by Gasteiger charge is 2.27. The Morgan fingerprint density at radius 1 is 1.26 bits per heavy atom. The van der Waals surface area contributed by atoms with Gasteiger partial charge in [0, 0.05) is 17.9 Å². The average molecular weight is 316 g/mol. The third-order valence-electron chi connectivity index (χ3n) is 3.36. The number of ether oxygens (including phenoxy) is 1. The average Bonchev–Trinajstić information content (AvgIpc) is 3.02. The van der Waals surface area contributed by atoms with E-state index in [1.807, 2.05) is 19.9 Å². The van der Waals surface area contributed by atoms with Crippen molar-refractivity contribution in [1.82, 2.24) is 5.16 Å². The van der Waals surface area contributed by atoms with Crippen molar-refractivity contribution >= 4 is 17.8 Å². The monoisotopic (exact) mass is 316 g/mol. The highest BCUT2D eigenvalue weighted by molar-refractivity contribution is 5.89. The van der Waals surface area contributed by atoms with E-state index in [1.165, 1.54) is 0 Å². The lowest BCUT2D eigenvalue weighted by Gasteiger charge is -2.21. The van der Waals surface area contributed by atoms with Crippen molar-refractivity contribution in [3.63, 3.8) is 0 Å². The minimum absolute atomic E-state index is 0.147. The number of esters is 1. The molecule has 0 aliphatic heterocycles. The van der Waals surface area contributed by atoms with Crippen LogP contribution in [0.4, 0.5) is 5.88 Å². The first-order valence-corrected chi connectivity index (χ1v) is 7.41. The molecule has 2 rings (SSSR count). The Hall–Kier alpha value is -2.63. The highest BCUT2D eigenvalue weighted by Crippen LogP contribution is 2.25. The number of aromatic nitrogens is 1. The molecule has 0 aliphatic rings. The third-order valence-corrected chi connectivity index (χ3v) is 3.36. The van der Waals surface area contributed by atoms with Gasteiger partial charge in [-0.25, -0.2) is 4.79 Å². The Morgan fingerprint density at radius 3 is 2.61 bits per heavy atom. The third kappa shape index (κ3) is 4.42. The quantitative estimate of drug-likeness (QED) is 0.828. The second kappa shape index (κ2) is 7.09. The number of rotatable bonds is 6. The number of hydrogen-bond acceptors (Lipinski definition) is 5. The Kier molecular flexibility index (Phi) is 5.16. The summed E-state index contributed by atoms with van der Waals surface area (Å²) in [4.78, 5) is 23.3. The Bertz CT molecular complexity index is 677. The number of nitrogens with zero attached hydrogens (tertiary/aromatic N) is 1. The standard InChI is InChI=1S/C17H20N2O4/c1-4-14(20)18-15-10-13(19-23-15)17(2,3)11-22-16(21)12-8-6-5-7-9-12/h5-10H,4,11H2,1-3H3,(H,18,20). The molecule has 0 bridgehead atoms. The first-order chi connectivity index (χ1) is 10.9. The van der Waals surface area contributed by atoms with Gasteiger partial charge in [-0.05, 0) is 12.1 Å². The number of anilines is 1. The SMILES string of the molecule is CCC(=O)Nc1cc(C(C)(C)COC(=O)c2ccccc2)no1. The van der Waals surface area contributed by atoms with Crippen molar-refractivity contribution in [2.75, 3.05) is 11.9 Å². The molecule has 1 N–H and O–H groups in total. The Labute approximate surface area is 134 Å². The smallest absolute Gasteiger partial charge is 0.338 e. The van der Waals surface area contributed by atoms with E-state index in [2.05, 4.69) is 10.5 Å². The van der Waals surface area contributed by atoms with Crippen LogP contribution in [0, 0.1) is 0 Å². The van der Waals surface area contributed by atoms with Crippen LogP contribution in [0.1, 0.15) is 43.2 Å². The van der Waals surface area contributed by atoms with Crippen LogP contribution in [0.15, 0.2) is 40.9 Å². The van der Waals surface area contributed by atoms with Gasteiger partial charge < -0.3 is 9.26 Å². The van der Waals surface area contributed by atoms with Crippen LogP contribution in [-0.2, 0) is 14.9 Å². The lowest BCUT2D eigenvalue weighted by molar-refractivity contribution is -0.116. The number of benzene rings is 1. The molecule has 0 saturated carbocycles. The van der Waals surface area contributed by atoms with Crippen LogP contribution in [0.5, 0.6) is 0 Å². The van der Waals surface area contributed by atoms with Crippen LogP contribution in [-0.4, -0.2) is 23.6 Å². The van der Waals surface area contributed by atoms with Crippen molar-refractivity contribution in [3.05, 3.63) is 47.7 Å². The number of carbonyl (C=O) groups is 2. The van der Waals surface area contributed by atoms with Crippen LogP contribution in [0.3, 0.4) is 0 Å². The van der Waals surface area contributed by atoms with E-state index < -0.39 is 5.41 Å². The van der Waals surface area contributed by atoms with E-state index in [0.717, 1.165) is 0 Å². The van der Waals surface area contributed by atoms with Gasteiger partial charge in [-0.15, -0.1) is 0 Å². The molecule has 23 heavy (non-hydrogen) atoms. The molecular formula is C17H20N2O4. The van der Waals surface area contributed by atoms with Gasteiger partial charge >= 0.3 is 5.97 Å². The summed E-state index contributed by atoms with van der Waals surface area (Å²) in [6.07, 6.45) is 0.355. The molecule has 0 radical (unpaired) electrons. The topological polar surface area (TPSA) is 81.4 Å². The summed E-state index contributed by atoms with van der Waals surface area (Å²) >= 11 is 0. The van der Waals surface area contributed by atoms with Gasteiger partial charge in [-0.2, -0.15) is 0 Å². The van der Waals surface area contributed by atoms with Gasteiger partial charge in [0.05, 0.1) is 11.3 Å². The van der Waals surface area contributed by atoms with Gasteiger partial charge in [0.1, 0.15) is 6.61 Å². The van der Waals surface area contributed by atoms with Crippen molar-refractivity contribution in [2.24, 2.45) is 0 Å². The zero-order valence-electron chi connectivity index (χ0n) is 13.5. The fraction of sp³-hybridized carbons (Fsp3) is 0.353. The van der Waals surface area contributed by atoms with Gasteiger partial charge in [-0.1, -0.05) is 44.1 Å². The number of amides is 1. The molecule has 1 amide bonds. The maximum atomic E-state index is 12.0. The summed E-state index contributed by atoms with van der Waals surface area (Å²) in [6, 6.07) is 10.4. The molecule has 0 aliphatic carbocycles. The Balaban J connectivity index is 1.98. The minimum atomic E-state index is -0.539. The van der Waals surface area contributed by atoms with Crippen LogP contribution >= 0.6 is 0 Å².